The molecule has 0 aromatic heterocycles. The van der Waals surface area contributed by atoms with Gasteiger partial charge in [0.2, 0.25) is 0 Å². The molecule has 0 radical (unpaired) electrons. The average molecular weight is 249 g/mol. The number of nitrogens with one attached hydrogen (secondary N) is 1. The van der Waals surface area contributed by atoms with Crippen LogP contribution in [0.2, 0.25) is 0 Å². The Kier molecular flexibility index (Phi) is 4.76. The summed E-state index contributed by atoms with van der Waals surface area (Å²) >= 11 is 0. The largest absolute Gasteiger partial charge is 0.501 e. The van der Waals surface area contributed by atoms with E-state index in [1.807, 2.05) is 18.4 Å². The van der Waals surface area contributed by atoms with Crippen LogP contribution < -0.4 is 5.32 Å². The quantitative estimate of drug-likeness (QED) is 0.866. The molecule has 3 heteroatoms. The van der Waals surface area contributed by atoms with E-state index in [1.165, 1.54) is 11.6 Å². The van der Waals surface area contributed by atoms with Gasteiger partial charge >= 0.3 is 0 Å². The number of ether oxygens (including phenoxy) is 1. The average Bonchev–Trinajstić information content (AvgIpc) is 2.42. The fourth-order valence-electron chi connectivity index (χ4n) is 2.31. The molecule has 1 unspecified atom stereocenters. The summed E-state index contributed by atoms with van der Waals surface area (Å²) in [6.45, 7) is 3.73. The number of rotatable bonds is 5. The Morgan fingerprint density at radius 3 is 2.89 bits per heavy atom. The van der Waals surface area contributed by atoms with Gasteiger partial charge in [-0.3, -0.25) is 0 Å². The lowest BCUT2D eigenvalue weighted by atomic mass is 9.95. The molecule has 98 valence electrons. The van der Waals surface area contributed by atoms with Crippen LogP contribution in [0, 0.1) is 5.82 Å². The normalized spacial score (nSPS) is 16.9. The van der Waals surface area contributed by atoms with E-state index in [-0.39, 0.29) is 11.9 Å². The lowest BCUT2D eigenvalue weighted by molar-refractivity contribution is 0.219. The second-order valence-electron chi connectivity index (χ2n) is 4.57. The molecule has 1 aromatic rings. The van der Waals surface area contributed by atoms with Gasteiger partial charge in [-0.05, 0) is 43.0 Å². The molecule has 18 heavy (non-hydrogen) atoms. The van der Waals surface area contributed by atoms with E-state index >= 15 is 0 Å². The van der Waals surface area contributed by atoms with E-state index in [0.717, 1.165) is 31.6 Å². The zero-order valence-corrected chi connectivity index (χ0v) is 10.8. The summed E-state index contributed by atoms with van der Waals surface area (Å²) in [7, 11) is 0. The van der Waals surface area contributed by atoms with Crippen LogP contribution in [0.25, 0.3) is 0 Å². The SMILES string of the molecule is CCNC(Cc1ccccc1F)C1=COCCC1. The number of halogens is 1. The van der Waals surface area contributed by atoms with Crippen molar-refractivity contribution in [2.75, 3.05) is 13.2 Å². The van der Waals surface area contributed by atoms with Crippen LogP contribution in [-0.4, -0.2) is 19.2 Å². The number of benzene rings is 1. The van der Waals surface area contributed by atoms with E-state index in [1.54, 1.807) is 6.07 Å². The molecule has 1 atom stereocenters. The first-order chi connectivity index (χ1) is 8.81. The van der Waals surface area contributed by atoms with Gasteiger partial charge in [-0.25, -0.2) is 4.39 Å². The first-order valence-corrected chi connectivity index (χ1v) is 6.58. The Morgan fingerprint density at radius 2 is 2.22 bits per heavy atom. The van der Waals surface area contributed by atoms with E-state index in [0.29, 0.717) is 6.42 Å². The van der Waals surface area contributed by atoms with Crippen molar-refractivity contribution in [2.24, 2.45) is 0 Å². The summed E-state index contributed by atoms with van der Waals surface area (Å²) < 4.78 is 19.1. The second kappa shape index (κ2) is 6.55. The number of likely N-dealkylation sites (N-methyl/N-ethyl adjacent to an activating group) is 1. The first-order valence-electron chi connectivity index (χ1n) is 6.58. The molecular weight excluding hydrogens is 229 g/mol. The lowest BCUT2D eigenvalue weighted by Crippen LogP contribution is -2.34. The van der Waals surface area contributed by atoms with Crippen molar-refractivity contribution in [3.63, 3.8) is 0 Å². The minimum atomic E-state index is -0.127. The third-order valence-electron chi connectivity index (χ3n) is 3.24. The maximum atomic E-state index is 13.7. The van der Waals surface area contributed by atoms with Crippen LogP contribution in [0.5, 0.6) is 0 Å². The molecule has 1 heterocycles. The molecule has 2 rings (SSSR count). The van der Waals surface area contributed by atoms with Crippen LogP contribution in [0.3, 0.4) is 0 Å². The third kappa shape index (κ3) is 3.33. The summed E-state index contributed by atoms with van der Waals surface area (Å²) in [5.41, 5.74) is 2.00. The highest BCUT2D eigenvalue weighted by Gasteiger charge is 2.18. The first kappa shape index (κ1) is 13.1. The third-order valence-corrected chi connectivity index (χ3v) is 3.24. The highest BCUT2D eigenvalue weighted by atomic mass is 19.1. The number of hydrogen-bond acceptors (Lipinski definition) is 2. The van der Waals surface area contributed by atoms with Gasteiger partial charge in [0.05, 0.1) is 12.9 Å². The molecule has 1 aliphatic heterocycles. The Balaban J connectivity index is 2.11. The van der Waals surface area contributed by atoms with Gasteiger partial charge < -0.3 is 10.1 Å². The van der Waals surface area contributed by atoms with Crippen LogP contribution in [0.15, 0.2) is 36.1 Å². The van der Waals surface area contributed by atoms with Crippen LogP contribution in [0.1, 0.15) is 25.3 Å². The summed E-state index contributed by atoms with van der Waals surface area (Å²) in [6, 6.07) is 7.15. The van der Waals surface area contributed by atoms with Crippen molar-refractivity contribution >= 4 is 0 Å². The minimum Gasteiger partial charge on any atom is -0.501 e. The fourth-order valence-corrected chi connectivity index (χ4v) is 2.31. The molecule has 0 bridgehead atoms. The predicted octanol–water partition coefficient (Wildman–Crippen LogP) is 3.04. The fraction of sp³-hybridized carbons (Fsp3) is 0.467. The molecule has 0 fully saturated rings. The van der Waals surface area contributed by atoms with Crippen molar-refractivity contribution < 1.29 is 9.13 Å². The molecule has 1 N–H and O–H groups in total. The van der Waals surface area contributed by atoms with Gasteiger partial charge in [-0.2, -0.15) is 0 Å². The monoisotopic (exact) mass is 249 g/mol. The molecule has 1 aliphatic rings. The molecule has 0 saturated carbocycles. The highest BCUT2D eigenvalue weighted by Crippen LogP contribution is 2.20. The van der Waals surface area contributed by atoms with E-state index in [4.69, 9.17) is 4.74 Å². The Morgan fingerprint density at radius 1 is 1.39 bits per heavy atom. The highest BCUT2D eigenvalue weighted by molar-refractivity contribution is 5.22. The Bertz CT molecular complexity index is 417. The predicted molar refractivity (Wildman–Crippen MR) is 70.8 cm³/mol. The van der Waals surface area contributed by atoms with Crippen molar-refractivity contribution in [3.05, 3.63) is 47.5 Å². The standard InChI is InChI=1S/C15H20FNO/c1-2-17-15(13-7-5-9-18-11-13)10-12-6-3-4-8-14(12)16/h3-4,6,8,11,15,17H,2,5,7,9-10H2,1H3. The summed E-state index contributed by atoms with van der Waals surface area (Å²) in [5.74, 6) is -0.127. The van der Waals surface area contributed by atoms with E-state index in [9.17, 15) is 4.39 Å². The van der Waals surface area contributed by atoms with E-state index < -0.39 is 0 Å². The zero-order valence-electron chi connectivity index (χ0n) is 10.8. The lowest BCUT2D eigenvalue weighted by Gasteiger charge is -2.24. The minimum absolute atomic E-state index is 0.127. The van der Waals surface area contributed by atoms with Gasteiger partial charge in [0.25, 0.3) is 0 Å². The Labute approximate surface area is 108 Å². The molecule has 0 aliphatic carbocycles. The summed E-state index contributed by atoms with van der Waals surface area (Å²) in [6.07, 6.45) is 4.60. The van der Waals surface area contributed by atoms with Gasteiger partial charge in [0.15, 0.2) is 0 Å². The van der Waals surface area contributed by atoms with Crippen LogP contribution >= 0.6 is 0 Å². The van der Waals surface area contributed by atoms with Crippen molar-refractivity contribution in [2.45, 2.75) is 32.2 Å². The number of hydrogen-bond donors (Lipinski definition) is 1. The van der Waals surface area contributed by atoms with Crippen molar-refractivity contribution in [1.82, 2.24) is 5.32 Å². The van der Waals surface area contributed by atoms with Gasteiger partial charge in [-0.1, -0.05) is 25.1 Å². The summed E-state index contributed by atoms with van der Waals surface area (Å²) in [5, 5.41) is 3.41. The van der Waals surface area contributed by atoms with Crippen molar-refractivity contribution in [1.29, 1.82) is 0 Å². The summed E-state index contributed by atoms with van der Waals surface area (Å²) in [4.78, 5) is 0. The molecule has 1 aromatic carbocycles. The second-order valence-corrected chi connectivity index (χ2v) is 4.57. The van der Waals surface area contributed by atoms with Gasteiger partial charge in [0, 0.05) is 6.04 Å². The molecule has 0 spiro atoms. The zero-order chi connectivity index (χ0) is 12.8. The smallest absolute Gasteiger partial charge is 0.126 e. The van der Waals surface area contributed by atoms with Crippen LogP contribution in [0.4, 0.5) is 4.39 Å². The Hall–Kier alpha value is -1.35. The maximum Gasteiger partial charge on any atom is 0.126 e. The van der Waals surface area contributed by atoms with E-state index in [2.05, 4.69) is 12.2 Å². The maximum absolute atomic E-state index is 13.7. The van der Waals surface area contributed by atoms with Crippen molar-refractivity contribution in [3.8, 4) is 0 Å². The topological polar surface area (TPSA) is 21.3 Å². The molecule has 2 nitrogen and oxygen atoms in total. The van der Waals surface area contributed by atoms with Gasteiger partial charge in [0.1, 0.15) is 5.82 Å². The van der Waals surface area contributed by atoms with Crippen LogP contribution in [-0.2, 0) is 11.2 Å². The molecule has 0 saturated heterocycles. The molecular formula is C15H20FNO. The molecule has 0 amide bonds. The van der Waals surface area contributed by atoms with Gasteiger partial charge in [-0.15, -0.1) is 0 Å².